The molecule has 4 nitrogen and oxygen atoms in total. The maximum Gasteiger partial charge on any atom is 0.222 e. The normalized spacial score (nSPS) is 20.6. The van der Waals surface area contributed by atoms with Crippen LogP contribution in [0.2, 0.25) is 5.02 Å². The summed E-state index contributed by atoms with van der Waals surface area (Å²) in [7, 11) is 0. The van der Waals surface area contributed by atoms with E-state index in [1.54, 1.807) is 18.3 Å². The molecule has 2 rings (SSSR count). The molecule has 0 aliphatic carbocycles. The molecule has 74 valence electrons. The van der Waals surface area contributed by atoms with Crippen molar-refractivity contribution >= 4 is 23.3 Å². The van der Waals surface area contributed by atoms with Crippen LogP contribution in [-0.2, 0) is 4.79 Å². The number of hydrogen-bond donors (Lipinski definition) is 2. The molecule has 0 spiro atoms. The van der Waals surface area contributed by atoms with Gasteiger partial charge in [-0.3, -0.25) is 4.79 Å². The Balaban J connectivity index is 2.04. The molecule has 14 heavy (non-hydrogen) atoms. The summed E-state index contributed by atoms with van der Waals surface area (Å²) in [6.45, 7) is 0.631. The van der Waals surface area contributed by atoms with Crippen LogP contribution < -0.4 is 10.6 Å². The highest BCUT2D eigenvalue weighted by molar-refractivity contribution is 6.32. The Morgan fingerprint density at radius 1 is 1.64 bits per heavy atom. The number of amides is 1. The average Bonchev–Trinajstić information content (AvgIpc) is 2.56. The molecule has 1 saturated heterocycles. The van der Waals surface area contributed by atoms with Crippen LogP contribution in [0.5, 0.6) is 0 Å². The Hall–Kier alpha value is -1.29. The number of pyridine rings is 1. The maximum absolute atomic E-state index is 10.9. The van der Waals surface area contributed by atoms with Crippen molar-refractivity contribution in [2.24, 2.45) is 0 Å². The molecule has 0 saturated carbocycles. The average molecular weight is 212 g/mol. The van der Waals surface area contributed by atoms with E-state index in [2.05, 4.69) is 15.6 Å². The molecule has 2 heterocycles. The van der Waals surface area contributed by atoms with E-state index in [9.17, 15) is 4.79 Å². The molecule has 1 aromatic rings. The van der Waals surface area contributed by atoms with Crippen molar-refractivity contribution in [3.05, 3.63) is 23.4 Å². The Labute approximate surface area is 86.7 Å². The molecule has 5 heteroatoms. The molecular weight excluding hydrogens is 202 g/mol. The van der Waals surface area contributed by atoms with E-state index in [0.29, 0.717) is 23.8 Å². The number of rotatable bonds is 2. The molecule has 2 N–H and O–H groups in total. The van der Waals surface area contributed by atoms with Gasteiger partial charge < -0.3 is 10.6 Å². The highest BCUT2D eigenvalue weighted by Crippen LogP contribution is 2.19. The Morgan fingerprint density at radius 3 is 3.14 bits per heavy atom. The minimum Gasteiger partial charge on any atom is -0.364 e. The quantitative estimate of drug-likeness (QED) is 0.769. The Morgan fingerprint density at radius 2 is 2.50 bits per heavy atom. The van der Waals surface area contributed by atoms with Crippen molar-refractivity contribution < 1.29 is 4.79 Å². The predicted octanol–water partition coefficient (Wildman–Crippen LogP) is 1.04. The number of nitrogens with zero attached hydrogens (tertiary/aromatic N) is 1. The summed E-state index contributed by atoms with van der Waals surface area (Å²) in [6, 6.07) is 3.63. The lowest BCUT2D eigenvalue weighted by Gasteiger charge is -2.11. The zero-order chi connectivity index (χ0) is 9.97. The SMILES string of the molecule is O=C1CC(Nc2ncccc2Cl)CN1. The monoisotopic (exact) mass is 211 g/mol. The first-order chi connectivity index (χ1) is 6.75. The number of hydrogen-bond acceptors (Lipinski definition) is 3. The molecule has 0 radical (unpaired) electrons. The second kappa shape index (κ2) is 3.84. The van der Waals surface area contributed by atoms with Crippen molar-refractivity contribution in [2.45, 2.75) is 12.5 Å². The van der Waals surface area contributed by atoms with Crippen molar-refractivity contribution in [3.8, 4) is 0 Å². The van der Waals surface area contributed by atoms with Gasteiger partial charge in [0.05, 0.1) is 11.1 Å². The van der Waals surface area contributed by atoms with E-state index in [4.69, 9.17) is 11.6 Å². The number of anilines is 1. The zero-order valence-electron chi connectivity index (χ0n) is 7.46. The van der Waals surface area contributed by atoms with Gasteiger partial charge in [-0.25, -0.2) is 4.98 Å². The van der Waals surface area contributed by atoms with E-state index < -0.39 is 0 Å². The van der Waals surface area contributed by atoms with Gasteiger partial charge in [0.2, 0.25) is 5.91 Å². The molecule has 1 aromatic heterocycles. The van der Waals surface area contributed by atoms with Crippen LogP contribution in [0, 0.1) is 0 Å². The number of carbonyl (C=O) groups is 1. The molecule has 0 bridgehead atoms. The lowest BCUT2D eigenvalue weighted by Crippen LogP contribution is -2.22. The van der Waals surface area contributed by atoms with Crippen LogP contribution >= 0.6 is 11.6 Å². The molecule has 1 amide bonds. The van der Waals surface area contributed by atoms with Gasteiger partial charge in [-0.15, -0.1) is 0 Å². The van der Waals surface area contributed by atoms with Gasteiger partial charge in [-0.05, 0) is 12.1 Å². The van der Waals surface area contributed by atoms with E-state index in [-0.39, 0.29) is 11.9 Å². The van der Waals surface area contributed by atoms with Crippen LogP contribution in [0.1, 0.15) is 6.42 Å². The summed E-state index contributed by atoms with van der Waals surface area (Å²) in [5, 5.41) is 6.43. The van der Waals surface area contributed by atoms with E-state index in [1.165, 1.54) is 0 Å². The maximum atomic E-state index is 10.9. The van der Waals surface area contributed by atoms with Crippen LogP contribution in [0.3, 0.4) is 0 Å². The standard InChI is InChI=1S/C9H10ClN3O/c10-7-2-1-3-11-9(7)13-6-4-8(14)12-5-6/h1-3,6H,4-5H2,(H,11,13)(H,12,14). The summed E-state index contributed by atoms with van der Waals surface area (Å²) in [5.41, 5.74) is 0. The van der Waals surface area contributed by atoms with Crippen LogP contribution in [0.25, 0.3) is 0 Å². The van der Waals surface area contributed by atoms with E-state index in [1.807, 2.05) is 0 Å². The fourth-order valence-corrected chi connectivity index (χ4v) is 1.57. The second-order valence-corrected chi connectivity index (χ2v) is 3.59. The Bertz CT molecular complexity index is 356. The third-order valence-corrected chi connectivity index (χ3v) is 2.38. The smallest absolute Gasteiger partial charge is 0.222 e. The third-order valence-electron chi connectivity index (χ3n) is 2.08. The van der Waals surface area contributed by atoms with Crippen LogP contribution in [0.15, 0.2) is 18.3 Å². The summed E-state index contributed by atoms with van der Waals surface area (Å²) in [6.07, 6.45) is 2.14. The lowest BCUT2D eigenvalue weighted by atomic mass is 10.2. The predicted molar refractivity (Wildman–Crippen MR) is 54.3 cm³/mol. The molecule has 1 fully saturated rings. The van der Waals surface area contributed by atoms with Crippen molar-refractivity contribution in [2.75, 3.05) is 11.9 Å². The van der Waals surface area contributed by atoms with Crippen molar-refractivity contribution in [1.82, 2.24) is 10.3 Å². The first-order valence-electron chi connectivity index (χ1n) is 4.39. The molecule has 1 aliphatic rings. The van der Waals surface area contributed by atoms with Gasteiger partial charge in [0.15, 0.2) is 0 Å². The van der Waals surface area contributed by atoms with Gasteiger partial charge in [0.1, 0.15) is 5.82 Å². The van der Waals surface area contributed by atoms with Crippen molar-refractivity contribution in [3.63, 3.8) is 0 Å². The van der Waals surface area contributed by atoms with Gasteiger partial charge >= 0.3 is 0 Å². The molecular formula is C9H10ClN3O. The molecule has 1 unspecified atom stereocenters. The summed E-state index contributed by atoms with van der Waals surface area (Å²) in [4.78, 5) is 15.0. The van der Waals surface area contributed by atoms with E-state index in [0.717, 1.165) is 0 Å². The van der Waals surface area contributed by atoms with Crippen LogP contribution in [-0.4, -0.2) is 23.5 Å². The Kier molecular flexibility index (Phi) is 2.54. The minimum atomic E-state index is 0.0644. The number of halogens is 1. The largest absolute Gasteiger partial charge is 0.364 e. The molecule has 1 atom stereocenters. The van der Waals surface area contributed by atoms with Crippen LogP contribution in [0.4, 0.5) is 5.82 Å². The summed E-state index contributed by atoms with van der Waals surface area (Å²) in [5.74, 6) is 0.699. The van der Waals surface area contributed by atoms with E-state index >= 15 is 0 Å². The minimum absolute atomic E-state index is 0.0644. The number of aromatic nitrogens is 1. The zero-order valence-corrected chi connectivity index (χ0v) is 8.21. The summed E-state index contributed by atoms with van der Waals surface area (Å²) >= 11 is 5.91. The van der Waals surface area contributed by atoms with Crippen molar-refractivity contribution in [1.29, 1.82) is 0 Å². The number of carbonyl (C=O) groups excluding carboxylic acids is 1. The molecule has 0 aromatic carbocycles. The summed E-state index contributed by atoms with van der Waals surface area (Å²) < 4.78 is 0. The molecule has 1 aliphatic heterocycles. The second-order valence-electron chi connectivity index (χ2n) is 3.18. The first kappa shape index (κ1) is 9.27. The third kappa shape index (κ3) is 1.96. The topological polar surface area (TPSA) is 54.0 Å². The number of nitrogens with one attached hydrogen (secondary N) is 2. The van der Waals surface area contributed by atoms with Gasteiger partial charge in [-0.1, -0.05) is 11.6 Å². The first-order valence-corrected chi connectivity index (χ1v) is 4.77. The highest BCUT2D eigenvalue weighted by atomic mass is 35.5. The fourth-order valence-electron chi connectivity index (χ4n) is 1.39. The van der Waals surface area contributed by atoms with Gasteiger partial charge in [-0.2, -0.15) is 0 Å². The fraction of sp³-hybridized carbons (Fsp3) is 0.333. The van der Waals surface area contributed by atoms with Gasteiger partial charge in [0, 0.05) is 19.2 Å². The lowest BCUT2D eigenvalue weighted by molar-refractivity contribution is -0.119. The highest BCUT2D eigenvalue weighted by Gasteiger charge is 2.21. The van der Waals surface area contributed by atoms with Gasteiger partial charge in [0.25, 0.3) is 0 Å².